The van der Waals surface area contributed by atoms with Gasteiger partial charge in [0.2, 0.25) is 0 Å². The fourth-order valence-corrected chi connectivity index (χ4v) is 2.91. The van der Waals surface area contributed by atoms with Gasteiger partial charge in [0.15, 0.2) is 0 Å². The maximum Gasteiger partial charge on any atom is 0.450 e. The van der Waals surface area contributed by atoms with Gasteiger partial charge in [-0.3, -0.25) is 4.55 Å². The van der Waals surface area contributed by atoms with E-state index in [0.29, 0.717) is 5.56 Å². The second-order valence-electron chi connectivity index (χ2n) is 4.62. The van der Waals surface area contributed by atoms with E-state index in [1.807, 2.05) is 0 Å². The van der Waals surface area contributed by atoms with E-state index in [4.69, 9.17) is 4.55 Å². The predicted molar refractivity (Wildman–Crippen MR) is 71.8 cm³/mol. The maximum absolute atomic E-state index is 13.6. The summed E-state index contributed by atoms with van der Waals surface area (Å²) in [5.74, 6) is -7.92. The second-order valence-corrected chi connectivity index (χ2v) is 7.67. The third-order valence-electron chi connectivity index (χ3n) is 2.88. The van der Waals surface area contributed by atoms with Crippen LogP contribution in [0, 0.1) is 0 Å². The molecule has 0 aliphatic rings. The van der Waals surface area contributed by atoms with Gasteiger partial charge in [-0.15, -0.1) is 0 Å². The van der Waals surface area contributed by atoms with E-state index in [-0.39, 0.29) is 6.42 Å². The third kappa shape index (κ3) is 3.55. The average Bonchev–Trinajstić information content (AvgIpc) is 2.45. The van der Waals surface area contributed by atoms with Gasteiger partial charge in [0, 0.05) is 0 Å². The summed E-state index contributed by atoms with van der Waals surface area (Å²) in [7, 11) is -13.8. The van der Waals surface area contributed by atoms with Gasteiger partial charge in [0.05, 0.1) is 0 Å². The van der Waals surface area contributed by atoms with Crippen LogP contribution in [0.1, 0.15) is 12.5 Å². The molecular weight excluding hydrogens is 406 g/mol. The average molecular weight is 416 g/mol. The molecule has 0 spiro atoms. The number of aryl methyl sites for hydroxylation is 1. The van der Waals surface area contributed by atoms with Crippen LogP contribution in [0.2, 0.25) is 0 Å². The minimum atomic E-state index is -7.07. The van der Waals surface area contributed by atoms with E-state index in [2.05, 4.69) is 4.18 Å². The Balaban J connectivity index is 3.39. The van der Waals surface area contributed by atoms with Crippen LogP contribution in [0.4, 0.5) is 26.3 Å². The fraction of sp³-hybridized carbons (Fsp3) is 0.455. The smallest absolute Gasteiger partial charge is 0.378 e. The Hall–Kier alpha value is -1.54. The Labute approximate surface area is 138 Å². The van der Waals surface area contributed by atoms with E-state index < -0.39 is 42.4 Å². The van der Waals surface area contributed by atoms with E-state index >= 15 is 0 Å². The molecule has 0 atom stereocenters. The molecule has 1 rings (SSSR count). The summed E-state index contributed by atoms with van der Waals surface area (Å²) in [5, 5.41) is -13.5. The zero-order chi connectivity index (χ0) is 19.9. The molecule has 1 aromatic carbocycles. The molecule has 0 saturated carbocycles. The van der Waals surface area contributed by atoms with E-state index in [1.54, 1.807) is 6.92 Å². The highest BCUT2D eigenvalue weighted by Crippen LogP contribution is 2.50. The first kappa shape index (κ1) is 21.5. The third-order valence-corrected chi connectivity index (χ3v) is 5.08. The van der Waals surface area contributed by atoms with Crippen LogP contribution >= 0.6 is 0 Å². The first-order valence-electron chi connectivity index (χ1n) is 6.14. The minimum Gasteiger partial charge on any atom is -0.378 e. The highest BCUT2D eigenvalue weighted by Gasteiger charge is 2.83. The molecule has 6 nitrogen and oxygen atoms in total. The molecule has 14 heteroatoms. The zero-order valence-corrected chi connectivity index (χ0v) is 13.7. The molecular formula is C11H10F6O6S2. The van der Waals surface area contributed by atoms with Crippen LogP contribution in [0.25, 0.3) is 0 Å². The summed E-state index contributed by atoms with van der Waals surface area (Å²) >= 11 is 0. The summed E-state index contributed by atoms with van der Waals surface area (Å²) in [6.45, 7) is 1.57. The van der Waals surface area contributed by atoms with Crippen LogP contribution in [0.5, 0.6) is 5.75 Å². The summed E-state index contributed by atoms with van der Waals surface area (Å²) in [6.07, 6.45) is 0.268. The van der Waals surface area contributed by atoms with Crippen molar-refractivity contribution in [2.75, 3.05) is 0 Å². The van der Waals surface area contributed by atoms with Crippen LogP contribution in [-0.2, 0) is 26.7 Å². The van der Waals surface area contributed by atoms with Crippen molar-refractivity contribution in [2.45, 2.75) is 29.8 Å². The summed E-state index contributed by atoms with van der Waals surface area (Å²) < 4.78 is 135. The molecule has 0 heterocycles. The first-order valence-corrected chi connectivity index (χ1v) is 8.99. The molecule has 1 aromatic rings. The van der Waals surface area contributed by atoms with Crippen molar-refractivity contribution in [3.63, 3.8) is 0 Å². The molecule has 25 heavy (non-hydrogen) atoms. The van der Waals surface area contributed by atoms with E-state index in [0.717, 1.165) is 18.2 Å². The molecule has 144 valence electrons. The molecule has 0 aliphatic heterocycles. The van der Waals surface area contributed by atoms with Crippen molar-refractivity contribution in [1.82, 2.24) is 0 Å². The lowest BCUT2D eigenvalue weighted by molar-refractivity contribution is -0.247. The highest BCUT2D eigenvalue weighted by atomic mass is 32.2. The Kier molecular flexibility index (Phi) is 5.43. The molecule has 0 unspecified atom stereocenters. The van der Waals surface area contributed by atoms with Crippen molar-refractivity contribution >= 4 is 20.2 Å². The minimum absolute atomic E-state index is 0.268. The Bertz CT molecular complexity index is 850. The largest absolute Gasteiger partial charge is 0.450 e. The van der Waals surface area contributed by atoms with Gasteiger partial charge >= 0.3 is 36.7 Å². The van der Waals surface area contributed by atoms with Crippen LogP contribution in [0.15, 0.2) is 24.3 Å². The monoisotopic (exact) mass is 416 g/mol. The first-order chi connectivity index (χ1) is 11.0. The normalized spacial score (nSPS) is 14.4. The Morgan fingerprint density at radius 3 is 1.96 bits per heavy atom. The van der Waals surface area contributed by atoms with E-state index in [9.17, 15) is 43.2 Å². The Morgan fingerprint density at radius 2 is 1.52 bits per heavy atom. The van der Waals surface area contributed by atoms with Gasteiger partial charge in [0.1, 0.15) is 5.75 Å². The van der Waals surface area contributed by atoms with Gasteiger partial charge in [-0.2, -0.15) is 43.2 Å². The molecule has 0 radical (unpaired) electrons. The molecule has 0 amide bonds. The number of benzene rings is 1. The number of hydrogen-bond donors (Lipinski definition) is 1. The van der Waals surface area contributed by atoms with Gasteiger partial charge in [-0.1, -0.05) is 19.1 Å². The fourth-order valence-electron chi connectivity index (χ4n) is 1.48. The zero-order valence-electron chi connectivity index (χ0n) is 12.1. The quantitative estimate of drug-likeness (QED) is 0.417. The Morgan fingerprint density at radius 1 is 1.00 bits per heavy atom. The number of hydrogen-bond acceptors (Lipinski definition) is 5. The van der Waals surface area contributed by atoms with Gasteiger partial charge in [0.25, 0.3) is 0 Å². The lowest BCUT2D eigenvalue weighted by atomic mass is 10.2. The van der Waals surface area contributed by atoms with Crippen molar-refractivity contribution in [1.29, 1.82) is 0 Å². The molecule has 0 aliphatic carbocycles. The van der Waals surface area contributed by atoms with Crippen molar-refractivity contribution in [3.8, 4) is 5.75 Å². The van der Waals surface area contributed by atoms with Gasteiger partial charge in [-0.25, -0.2) is 0 Å². The molecule has 0 aromatic heterocycles. The van der Waals surface area contributed by atoms with Gasteiger partial charge < -0.3 is 4.18 Å². The van der Waals surface area contributed by atoms with Crippen molar-refractivity contribution in [2.24, 2.45) is 0 Å². The molecule has 1 N–H and O–H groups in total. The molecule has 0 fully saturated rings. The molecule has 0 bridgehead atoms. The topological polar surface area (TPSA) is 97.7 Å². The molecule has 0 saturated heterocycles. The summed E-state index contributed by atoms with van der Waals surface area (Å²) in [5.41, 5.74) is 0.339. The van der Waals surface area contributed by atoms with Crippen LogP contribution < -0.4 is 4.18 Å². The highest BCUT2D eigenvalue weighted by molar-refractivity contribution is 7.88. The van der Waals surface area contributed by atoms with Gasteiger partial charge in [-0.05, 0) is 24.1 Å². The summed E-state index contributed by atoms with van der Waals surface area (Å²) in [6, 6.07) is 4.16. The van der Waals surface area contributed by atoms with Crippen molar-refractivity contribution < 1.29 is 51.9 Å². The summed E-state index contributed by atoms with van der Waals surface area (Å²) in [4.78, 5) is 0. The maximum atomic E-state index is 13.6. The van der Waals surface area contributed by atoms with Crippen LogP contribution in [-0.4, -0.2) is 37.8 Å². The number of halogens is 6. The van der Waals surface area contributed by atoms with Crippen LogP contribution in [0.3, 0.4) is 0 Å². The standard InChI is InChI=1S/C11H10F6O6S2/c1-2-7-4-3-5-8(6-7)23-25(21,22)11(16,17)9(12,13)10(14,15)24(18,19)20/h3-6H,2H2,1H3,(H,18,19,20). The lowest BCUT2D eigenvalue weighted by Gasteiger charge is -2.29. The van der Waals surface area contributed by atoms with Crippen molar-refractivity contribution in [3.05, 3.63) is 29.8 Å². The lowest BCUT2D eigenvalue weighted by Crippen LogP contribution is -2.61. The number of rotatable bonds is 7. The second kappa shape index (κ2) is 6.32. The predicted octanol–water partition coefficient (Wildman–Crippen LogP) is 2.67. The van der Waals surface area contributed by atoms with E-state index in [1.165, 1.54) is 6.07 Å². The number of alkyl halides is 6. The SMILES string of the molecule is CCc1cccc(OS(=O)(=O)C(F)(F)C(F)(F)C(F)(F)S(=O)(=O)O)c1.